The number of fused-ring (bicyclic) bond motifs is 1. The number of amides is 1. The topological polar surface area (TPSA) is 76.1 Å². The lowest BCUT2D eigenvalue weighted by Gasteiger charge is -2.26. The molecule has 6 heteroatoms. The van der Waals surface area contributed by atoms with Crippen LogP contribution in [0.15, 0.2) is 78.4 Å². The van der Waals surface area contributed by atoms with E-state index < -0.39 is 17.7 Å². The number of carbonyl (C=O) groups is 2. The zero-order valence-electron chi connectivity index (χ0n) is 22.0. The van der Waals surface area contributed by atoms with Crippen molar-refractivity contribution in [2.24, 2.45) is 5.92 Å². The summed E-state index contributed by atoms with van der Waals surface area (Å²) >= 11 is 0. The number of likely N-dealkylation sites (tertiary alicyclic amines) is 1. The fourth-order valence-electron chi connectivity index (χ4n) is 5.08. The molecule has 38 heavy (non-hydrogen) atoms. The standard InChI is InChI=1S/C32H33NO5/c1-20(2)14-15-37-26-11-7-10-23(18-26)29-28(30(34)24-12-13-27-25(17-24)16-21(3)38-27)31(35)32(36)33(29)19-22-8-5-4-6-9-22/h4-13,17-18,20-21,29,34H,14-16,19H2,1-3H3/t21-,29+/m1/s1. The molecule has 6 nitrogen and oxygen atoms in total. The maximum atomic E-state index is 13.5. The number of hydrogen-bond acceptors (Lipinski definition) is 5. The number of Topliss-reactive ketones (excluding diaryl/α,β-unsaturated/α-hetero) is 1. The fraction of sp³-hybridized carbons (Fsp3) is 0.312. The Bertz CT molecular complexity index is 1380. The smallest absolute Gasteiger partial charge is 0.295 e. The van der Waals surface area contributed by atoms with Crippen LogP contribution >= 0.6 is 0 Å². The molecule has 0 bridgehead atoms. The molecule has 0 unspecified atom stereocenters. The monoisotopic (exact) mass is 511 g/mol. The summed E-state index contributed by atoms with van der Waals surface area (Å²) in [5.41, 5.74) is 3.15. The molecular weight excluding hydrogens is 478 g/mol. The molecule has 1 saturated heterocycles. The van der Waals surface area contributed by atoms with E-state index in [0.717, 1.165) is 29.7 Å². The molecule has 2 heterocycles. The van der Waals surface area contributed by atoms with Gasteiger partial charge in [-0.15, -0.1) is 0 Å². The van der Waals surface area contributed by atoms with Gasteiger partial charge in [0.2, 0.25) is 0 Å². The second-order valence-corrected chi connectivity index (χ2v) is 10.5. The first-order chi connectivity index (χ1) is 18.3. The van der Waals surface area contributed by atoms with Gasteiger partial charge in [-0.05, 0) is 66.3 Å². The van der Waals surface area contributed by atoms with Crippen LogP contribution in [0.2, 0.25) is 0 Å². The zero-order chi connectivity index (χ0) is 26.8. The normalized spacial score (nSPS) is 20.1. The van der Waals surface area contributed by atoms with Crippen LogP contribution in [-0.4, -0.2) is 34.4 Å². The quantitative estimate of drug-likeness (QED) is 0.226. The van der Waals surface area contributed by atoms with E-state index in [2.05, 4.69) is 13.8 Å². The van der Waals surface area contributed by atoms with Gasteiger partial charge in [0.1, 0.15) is 23.4 Å². The minimum absolute atomic E-state index is 0.0530. The van der Waals surface area contributed by atoms with Crippen molar-refractivity contribution < 1.29 is 24.2 Å². The molecule has 1 N–H and O–H groups in total. The molecule has 3 aromatic rings. The van der Waals surface area contributed by atoms with E-state index in [-0.39, 0.29) is 24.0 Å². The first kappa shape index (κ1) is 25.6. The van der Waals surface area contributed by atoms with Crippen LogP contribution in [0.25, 0.3) is 5.76 Å². The van der Waals surface area contributed by atoms with E-state index in [1.54, 1.807) is 6.07 Å². The minimum Gasteiger partial charge on any atom is -0.507 e. The Balaban J connectivity index is 1.57. The minimum atomic E-state index is -0.757. The highest BCUT2D eigenvalue weighted by Gasteiger charge is 2.46. The van der Waals surface area contributed by atoms with Crippen molar-refractivity contribution in [2.45, 2.75) is 52.3 Å². The number of carbonyl (C=O) groups excluding carboxylic acids is 2. The molecule has 0 radical (unpaired) electrons. The van der Waals surface area contributed by atoms with Gasteiger partial charge in [-0.2, -0.15) is 0 Å². The highest BCUT2D eigenvalue weighted by molar-refractivity contribution is 6.46. The maximum absolute atomic E-state index is 13.5. The molecule has 1 fully saturated rings. The lowest BCUT2D eigenvalue weighted by Crippen LogP contribution is -2.29. The molecule has 1 amide bonds. The number of nitrogens with zero attached hydrogens (tertiary/aromatic N) is 1. The van der Waals surface area contributed by atoms with E-state index in [9.17, 15) is 14.7 Å². The van der Waals surface area contributed by atoms with Crippen molar-refractivity contribution in [3.8, 4) is 11.5 Å². The average Bonchev–Trinajstić information content (AvgIpc) is 3.40. The Labute approximate surface area is 223 Å². The van der Waals surface area contributed by atoms with Gasteiger partial charge in [0.15, 0.2) is 0 Å². The predicted octanol–water partition coefficient (Wildman–Crippen LogP) is 6.06. The molecule has 2 atom stereocenters. The van der Waals surface area contributed by atoms with Crippen LogP contribution in [0.1, 0.15) is 55.5 Å². The molecule has 0 spiro atoms. The number of aliphatic hydroxyl groups is 1. The highest BCUT2D eigenvalue weighted by atomic mass is 16.5. The van der Waals surface area contributed by atoms with Crippen LogP contribution in [0.4, 0.5) is 0 Å². The number of hydrogen-bond donors (Lipinski definition) is 1. The molecule has 2 aliphatic rings. The second-order valence-electron chi connectivity index (χ2n) is 10.5. The predicted molar refractivity (Wildman–Crippen MR) is 146 cm³/mol. The van der Waals surface area contributed by atoms with E-state index in [0.29, 0.717) is 29.4 Å². The summed E-state index contributed by atoms with van der Waals surface area (Å²) in [6, 6.07) is 21.6. The molecule has 0 aromatic heterocycles. The largest absolute Gasteiger partial charge is 0.507 e. The van der Waals surface area contributed by atoms with E-state index in [4.69, 9.17) is 9.47 Å². The van der Waals surface area contributed by atoms with Gasteiger partial charge in [-0.1, -0.05) is 56.3 Å². The summed E-state index contributed by atoms with van der Waals surface area (Å²) in [7, 11) is 0. The Hall–Kier alpha value is -4.06. The van der Waals surface area contributed by atoms with Crippen LogP contribution in [0, 0.1) is 5.92 Å². The summed E-state index contributed by atoms with van der Waals surface area (Å²) in [6.45, 7) is 7.08. The maximum Gasteiger partial charge on any atom is 0.295 e. The highest BCUT2D eigenvalue weighted by Crippen LogP contribution is 2.42. The number of ether oxygens (including phenoxy) is 2. The Morgan fingerprint density at radius 3 is 2.61 bits per heavy atom. The van der Waals surface area contributed by atoms with Gasteiger partial charge in [0.25, 0.3) is 11.7 Å². The van der Waals surface area contributed by atoms with E-state index in [1.165, 1.54) is 4.90 Å². The number of ketones is 1. The summed E-state index contributed by atoms with van der Waals surface area (Å²) in [6.07, 6.45) is 1.69. The Morgan fingerprint density at radius 2 is 1.84 bits per heavy atom. The van der Waals surface area contributed by atoms with Crippen molar-refractivity contribution in [2.75, 3.05) is 6.61 Å². The number of benzene rings is 3. The van der Waals surface area contributed by atoms with Gasteiger partial charge in [-0.3, -0.25) is 9.59 Å². The summed E-state index contributed by atoms with van der Waals surface area (Å²) in [4.78, 5) is 28.4. The SMILES string of the molecule is CC(C)CCOc1cccc([C@H]2C(=C(O)c3ccc4c(c3)C[C@@H](C)O4)C(=O)C(=O)N2Cc2ccccc2)c1. The van der Waals surface area contributed by atoms with Crippen LogP contribution in [0.5, 0.6) is 11.5 Å². The van der Waals surface area contributed by atoms with Gasteiger partial charge in [-0.25, -0.2) is 0 Å². The molecule has 0 aliphatic carbocycles. The van der Waals surface area contributed by atoms with Crippen molar-refractivity contribution in [3.05, 3.63) is 101 Å². The first-order valence-electron chi connectivity index (χ1n) is 13.2. The average molecular weight is 512 g/mol. The Kier molecular flexibility index (Phi) is 7.23. The summed E-state index contributed by atoms with van der Waals surface area (Å²) in [5, 5.41) is 11.5. The number of rotatable bonds is 8. The van der Waals surface area contributed by atoms with Crippen molar-refractivity contribution in [1.29, 1.82) is 0 Å². The lowest BCUT2D eigenvalue weighted by atomic mass is 9.94. The third-order valence-corrected chi connectivity index (χ3v) is 7.04. The molecule has 0 saturated carbocycles. The zero-order valence-corrected chi connectivity index (χ0v) is 22.0. The molecule has 2 aliphatic heterocycles. The van der Waals surface area contributed by atoms with E-state index in [1.807, 2.05) is 73.7 Å². The lowest BCUT2D eigenvalue weighted by molar-refractivity contribution is -0.140. The van der Waals surface area contributed by atoms with Crippen LogP contribution in [-0.2, 0) is 22.6 Å². The fourth-order valence-corrected chi connectivity index (χ4v) is 5.08. The van der Waals surface area contributed by atoms with Gasteiger partial charge in [0, 0.05) is 18.5 Å². The van der Waals surface area contributed by atoms with Gasteiger partial charge >= 0.3 is 0 Å². The third-order valence-electron chi connectivity index (χ3n) is 7.04. The van der Waals surface area contributed by atoms with Crippen LogP contribution < -0.4 is 9.47 Å². The van der Waals surface area contributed by atoms with Crippen molar-refractivity contribution in [1.82, 2.24) is 4.90 Å². The third kappa shape index (κ3) is 5.17. The molecule has 196 valence electrons. The van der Waals surface area contributed by atoms with Crippen LogP contribution in [0.3, 0.4) is 0 Å². The van der Waals surface area contributed by atoms with Gasteiger partial charge < -0.3 is 19.5 Å². The Morgan fingerprint density at radius 1 is 1.05 bits per heavy atom. The molecule has 5 rings (SSSR count). The summed E-state index contributed by atoms with van der Waals surface area (Å²) < 4.78 is 11.8. The first-order valence-corrected chi connectivity index (χ1v) is 13.2. The van der Waals surface area contributed by atoms with E-state index >= 15 is 0 Å². The second kappa shape index (κ2) is 10.7. The molecule has 3 aromatic carbocycles. The number of aliphatic hydroxyl groups excluding tert-OH is 1. The molecular formula is C32H33NO5. The van der Waals surface area contributed by atoms with Crippen molar-refractivity contribution in [3.63, 3.8) is 0 Å². The summed E-state index contributed by atoms with van der Waals surface area (Å²) in [5.74, 6) is 0.442. The van der Waals surface area contributed by atoms with Crippen molar-refractivity contribution >= 4 is 17.4 Å². The van der Waals surface area contributed by atoms with Gasteiger partial charge in [0.05, 0.1) is 18.2 Å².